The lowest BCUT2D eigenvalue weighted by molar-refractivity contribution is -0.121. The molecule has 0 aromatic heterocycles. The van der Waals surface area contributed by atoms with Gasteiger partial charge >= 0.3 is 0 Å². The third kappa shape index (κ3) is 4.59. The second kappa shape index (κ2) is 7.98. The molecule has 0 spiro atoms. The van der Waals surface area contributed by atoms with Crippen molar-refractivity contribution >= 4 is 23.2 Å². The van der Waals surface area contributed by atoms with Crippen molar-refractivity contribution in [3.8, 4) is 0 Å². The van der Waals surface area contributed by atoms with Crippen LogP contribution in [0, 0.1) is 18.7 Å². The summed E-state index contributed by atoms with van der Waals surface area (Å²) in [6.07, 6.45) is 1.54. The number of likely N-dealkylation sites (tertiary alicyclic amines) is 1. The Morgan fingerprint density at radius 3 is 2.64 bits per heavy atom. The fraction of sp³-hybridized carbons (Fsp3) is 0.350. The van der Waals surface area contributed by atoms with Gasteiger partial charge in [0.1, 0.15) is 5.82 Å². The number of anilines is 1. The van der Waals surface area contributed by atoms with Crippen molar-refractivity contribution in [1.82, 2.24) is 4.90 Å². The van der Waals surface area contributed by atoms with Gasteiger partial charge < -0.3 is 5.32 Å². The van der Waals surface area contributed by atoms with E-state index in [4.69, 9.17) is 11.6 Å². The van der Waals surface area contributed by atoms with E-state index in [0.29, 0.717) is 17.1 Å². The summed E-state index contributed by atoms with van der Waals surface area (Å²) >= 11 is 6.10. The summed E-state index contributed by atoms with van der Waals surface area (Å²) in [5.41, 5.74) is 2.49. The van der Waals surface area contributed by atoms with Crippen molar-refractivity contribution in [3.05, 3.63) is 64.4 Å². The standard InChI is InChI=1S/C20H22ClFN2O/c1-14-4-2-5-16(12-14)23-20(25)15-8-10-24(11-9-15)13-17-18(21)6-3-7-19(17)22/h2-7,12,15H,8-11,13H2,1H3,(H,23,25). The molecule has 5 heteroatoms. The molecule has 1 fully saturated rings. The average molecular weight is 361 g/mol. The zero-order valence-electron chi connectivity index (χ0n) is 14.3. The van der Waals surface area contributed by atoms with Gasteiger partial charge in [0.25, 0.3) is 0 Å². The third-order valence-corrected chi connectivity index (χ3v) is 5.04. The smallest absolute Gasteiger partial charge is 0.227 e. The second-order valence-corrected chi connectivity index (χ2v) is 7.02. The molecule has 1 amide bonds. The number of halogens is 2. The maximum absolute atomic E-state index is 13.9. The zero-order valence-corrected chi connectivity index (χ0v) is 15.0. The number of hydrogen-bond acceptors (Lipinski definition) is 2. The van der Waals surface area contributed by atoms with Crippen LogP contribution in [0.4, 0.5) is 10.1 Å². The number of benzene rings is 2. The van der Waals surface area contributed by atoms with Crippen molar-refractivity contribution in [2.24, 2.45) is 5.92 Å². The summed E-state index contributed by atoms with van der Waals surface area (Å²) in [5, 5.41) is 3.45. The molecule has 0 bridgehead atoms. The van der Waals surface area contributed by atoms with Crippen molar-refractivity contribution in [2.75, 3.05) is 18.4 Å². The molecule has 1 saturated heterocycles. The fourth-order valence-electron chi connectivity index (χ4n) is 3.23. The Labute approximate surface area is 152 Å². The lowest BCUT2D eigenvalue weighted by Gasteiger charge is -2.31. The number of piperidine rings is 1. The van der Waals surface area contributed by atoms with Crippen molar-refractivity contribution < 1.29 is 9.18 Å². The molecule has 0 unspecified atom stereocenters. The van der Waals surface area contributed by atoms with E-state index in [2.05, 4.69) is 10.2 Å². The Morgan fingerprint density at radius 1 is 1.24 bits per heavy atom. The highest BCUT2D eigenvalue weighted by atomic mass is 35.5. The zero-order chi connectivity index (χ0) is 17.8. The van der Waals surface area contributed by atoms with Gasteiger partial charge in [0.2, 0.25) is 5.91 Å². The van der Waals surface area contributed by atoms with Crippen LogP contribution in [-0.4, -0.2) is 23.9 Å². The quantitative estimate of drug-likeness (QED) is 0.861. The van der Waals surface area contributed by atoms with Crippen molar-refractivity contribution in [1.29, 1.82) is 0 Å². The van der Waals surface area contributed by atoms with Gasteiger partial charge in [-0.2, -0.15) is 0 Å². The lowest BCUT2D eigenvalue weighted by Crippen LogP contribution is -2.38. The Balaban J connectivity index is 1.54. The molecule has 0 aliphatic carbocycles. The number of carbonyl (C=O) groups excluding carboxylic acids is 1. The number of amides is 1. The van der Waals surface area contributed by atoms with Crippen LogP contribution in [0.3, 0.4) is 0 Å². The highest BCUT2D eigenvalue weighted by Gasteiger charge is 2.25. The van der Waals surface area contributed by atoms with Crippen LogP contribution in [0.1, 0.15) is 24.0 Å². The SMILES string of the molecule is Cc1cccc(NC(=O)C2CCN(Cc3c(F)cccc3Cl)CC2)c1. The van der Waals surface area contributed by atoms with Gasteiger partial charge in [0, 0.05) is 28.7 Å². The molecule has 0 saturated carbocycles. The number of nitrogens with zero attached hydrogens (tertiary/aromatic N) is 1. The monoisotopic (exact) mass is 360 g/mol. The van der Waals surface area contributed by atoms with Crippen LogP contribution >= 0.6 is 11.6 Å². The first-order chi connectivity index (χ1) is 12.0. The molecule has 2 aromatic rings. The minimum Gasteiger partial charge on any atom is -0.326 e. The van der Waals surface area contributed by atoms with Gasteiger partial charge in [0.05, 0.1) is 0 Å². The van der Waals surface area contributed by atoms with Crippen LogP contribution < -0.4 is 5.32 Å². The first kappa shape index (κ1) is 17.9. The van der Waals surface area contributed by atoms with E-state index in [1.54, 1.807) is 12.1 Å². The minimum absolute atomic E-state index is 0.00662. The summed E-state index contributed by atoms with van der Waals surface area (Å²) in [6.45, 7) is 4.01. The Morgan fingerprint density at radius 2 is 1.96 bits per heavy atom. The maximum atomic E-state index is 13.9. The van der Waals surface area contributed by atoms with E-state index >= 15 is 0 Å². The van der Waals surface area contributed by atoms with E-state index in [9.17, 15) is 9.18 Å². The lowest BCUT2D eigenvalue weighted by atomic mass is 9.95. The molecule has 3 nitrogen and oxygen atoms in total. The molecular formula is C20H22ClFN2O. The fourth-order valence-corrected chi connectivity index (χ4v) is 3.45. The van der Waals surface area contributed by atoms with Crippen molar-refractivity contribution in [2.45, 2.75) is 26.3 Å². The maximum Gasteiger partial charge on any atom is 0.227 e. The Bertz CT molecular complexity index is 737. The summed E-state index contributed by atoms with van der Waals surface area (Å²) in [4.78, 5) is 14.6. The highest BCUT2D eigenvalue weighted by Crippen LogP contribution is 2.25. The van der Waals surface area contributed by atoms with Gasteiger partial charge in [-0.25, -0.2) is 4.39 Å². The molecule has 2 aromatic carbocycles. The first-order valence-corrected chi connectivity index (χ1v) is 8.93. The molecule has 3 rings (SSSR count). The van der Waals surface area contributed by atoms with E-state index in [0.717, 1.165) is 37.2 Å². The van der Waals surface area contributed by atoms with E-state index < -0.39 is 0 Å². The largest absolute Gasteiger partial charge is 0.326 e. The number of nitrogens with one attached hydrogen (secondary N) is 1. The summed E-state index contributed by atoms with van der Waals surface area (Å²) < 4.78 is 13.9. The van der Waals surface area contributed by atoms with Crippen molar-refractivity contribution in [3.63, 3.8) is 0 Å². The predicted molar refractivity (Wildman–Crippen MR) is 99.2 cm³/mol. The number of aryl methyl sites for hydroxylation is 1. The summed E-state index contributed by atoms with van der Waals surface area (Å²) in [6, 6.07) is 12.6. The first-order valence-electron chi connectivity index (χ1n) is 8.55. The summed E-state index contributed by atoms with van der Waals surface area (Å²) in [7, 11) is 0. The van der Waals surface area contributed by atoms with Crippen LogP contribution in [0.25, 0.3) is 0 Å². The van der Waals surface area contributed by atoms with Crippen LogP contribution in [0.15, 0.2) is 42.5 Å². The molecule has 0 radical (unpaired) electrons. The minimum atomic E-state index is -0.271. The molecule has 25 heavy (non-hydrogen) atoms. The van der Waals surface area contributed by atoms with E-state index in [-0.39, 0.29) is 17.6 Å². The topological polar surface area (TPSA) is 32.3 Å². The van der Waals surface area contributed by atoms with Gasteiger partial charge in [-0.05, 0) is 62.7 Å². The average Bonchev–Trinajstić information content (AvgIpc) is 2.59. The van der Waals surface area contributed by atoms with Gasteiger partial charge in [-0.15, -0.1) is 0 Å². The van der Waals surface area contributed by atoms with Crippen LogP contribution in [-0.2, 0) is 11.3 Å². The van der Waals surface area contributed by atoms with Crippen LogP contribution in [0.2, 0.25) is 5.02 Å². The van der Waals surface area contributed by atoms with Gasteiger partial charge in [0.15, 0.2) is 0 Å². The Kier molecular flexibility index (Phi) is 5.71. The highest BCUT2D eigenvalue weighted by molar-refractivity contribution is 6.31. The van der Waals surface area contributed by atoms with E-state index in [1.165, 1.54) is 6.07 Å². The normalized spacial score (nSPS) is 16.0. The van der Waals surface area contributed by atoms with Crippen LogP contribution in [0.5, 0.6) is 0 Å². The van der Waals surface area contributed by atoms with E-state index in [1.807, 2.05) is 31.2 Å². The molecule has 0 atom stereocenters. The number of hydrogen-bond donors (Lipinski definition) is 1. The molecule has 1 aliphatic rings. The third-order valence-electron chi connectivity index (χ3n) is 4.69. The second-order valence-electron chi connectivity index (χ2n) is 6.61. The number of carbonyl (C=O) groups is 1. The number of rotatable bonds is 4. The Hall–Kier alpha value is -1.91. The van der Waals surface area contributed by atoms with Gasteiger partial charge in [-0.1, -0.05) is 29.8 Å². The molecule has 1 N–H and O–H groups in total. The van der Waals surface area contributed by atoms with Gasteiger partial charge in [-0.3, -0.25) is 9.69 Å². The molecule has 1 heterocycles. The molecule has 132 valence electrons. The predicted octanol–water partition coefficient (Wildman–Crippen LogP) is 4.64. The molecular weight excluding hydrogens is 339 g/mol. The molecule has 1 aliphatic heterocycles. The summed E-state index contributed by atoms with van der Waals surface area (Å²) in [5.74, 6) is -0.214.